The molecule has 2 aromatic carbocycles. The lowest BCUT2D eigenvalue weighted by molar-refractivity contribution is 0.474. The standard InChI is InChI=1S/C19H24FN/c1-13(2)16-9-11-17(12-10-16)14(3)21-15(4)18-7-5-6-8-19(18)20/h5-15,21H,1-4H3/t14?,15-/m1/s1. The van der Waals surface area contributed by atoms with Crippen LogP contribution in [0.25, 0.3) is 0 Å². The van der Waals surface area contributed by atoms with Gasteiger partial charge >= 0.3 is 0 Å². The first kappa shape index (κ1) is 15.7. The van der Waals surface area contributed by atoms with Gasteiger partial charge in [0.25, 0.3) is 0 Å². The summed E-state index contributed by atoms with van der Waals surface area (Å²) in [4.78, 5) is 0. The van der Waals surface area contributed by atoms with E-state index in [4.69, 9.17) is 0 Å². The Labute approximate surface area is 127 Å². The molecule has 2 atom stereocenters. The Balaban J connectivity index is 2.07. The van der Waals surface area contributed by atoms with Crippen molar-refractivity contribution in [2.24, 2.45) is 0 Å². The maximum absolute atomic E-state index is 13.8. The molecule has 0 saturated heterocycles. The minimum Gasteiger partial charge on any atom is -0.304 e. The van der Waals surface area contributed by atoms with Crippen molar-refractivity contribution in [2.75, 3.05) is 0 Å². The van der Waals surface area contributed by atoms with E-state index in [1.54, 1.807) is 6.07 Å². The summed E-state index contributed by atoms with van der Waals surface area (Å²) in [5, 5.41) is 3.46. The Bertz CT molecular complexity index is 574. The Morgan fingerprint density at radius 1 is 0.762 bits per heavy atom. The van der Waals surface area contributed by atoms with E-state index >= 15 is 0 Å². The summed E-state index contributed by atoms with van der Waals surface area (Å²) in [7, 11) is 0. The average Bonchev–Trinajstić information content (AvgIpc) is 2.47. The molecule has 1 nitrogen and oxygen atoms in total. The fraction of sp³-hybridized carbons (Fsp3) is 0.368. The van der Waals surface area contributed by atoms with Crippen molar-refractivity contribution in [3.8, 4) is 0 Å². The van der Waals surface area contributed by atoms with Crippen molar-refractivity contribution >= 4 is 0 Å². The SMILES string of the molecule is CC(C)c1ccc(C(C)N[C@H](C)c2ccccc2F)cc1. The summed E-state index contributed by atoms with van der Waals surface area (Å²) in [6, 6.07) is 15.8. The Kier molecular flexibility index (Phi) is 5.13. The van der Waals surface area contributed by atoms with Gasteiger partial charge in [0.2, 0.25) is 0 Å². The fourth-order valence-electron chi connectivity index (χ4n) is 2.56. The summed E-state index contributed by atoms with van der Waals surface area (Å²) in [6.07, 6.45) is 0. The Morgan fingerprint density at radius 2 is 1.33 bits per heavy atom. The summed E-state index contributed by atoms with van der Waals surface area (Å²) < 4.78 is 13.8. The zero-order chi connectivity index (χ0) is 15.4. The van der Waals surface area contributed by atoms with E-state index < -0.39 is 0 Å². The van der Waals surface area contributed by atoms with E-state index in [2.05, 4.69) is 50.4 Å². The Hall–Kier alpha value is -1.67. The van der Waals surface area contributed by atoms with Crippen molar-refractivity contribution in [2.45, 2.75) is 45.7 Å². The molecule has 1 N–H and O–H groups in total. The van der Waals surface area contributed by atoms with Gasteiger partial charge in [-0.05, 0) is 37.0 Å². The third kappa shape index (κ3) is 3.92. The second-order valence-electron chi connectivity index (χ2n) is 5.95. The van der Waals surface area contributed by atoms with Crippen LogP contribution < -0.4 is 5.32 Å². The first-order valence-corrected chi connectivity index (χ1v) is 7.59. The minimum absolute atomic E-state index is 0.0222. The van der Waals surface area contributed by atoms with Crippen LogP contribution in [0.3, 0.4) is 0 Å². The molecule has 112 valence electrons. The zero-order valence-corrected chi connectivity index (χ0v) is 13.2. The van der Waals surface area contributed by atoms with Crippen LogP contribution in [0, 0.1) is 5.82 Å². The molecule has 0 heterocycles. The average molecular weight is 285 g/mol. The molecule has 2 heteroatoms. The van der Waals surface area contributed by atoms with Gasteiger partial charge in [0, 0.05) is 17.6 Å². The first-order chi connectivity index (χ1) is 9.99. The predicted octanol–water partition coefficient (Wildman–Crippen LogP) is 5.36. The number of halogens is 1. The summed E-state index contributed by atoms with van der Waals surface area (Å²) in [5.41, 5.74) is 3.28. The van der Waals surface area contributed by atoms with Crippen LogP contribution in [0.2, 0.25) is 0 Å². The molecule has 0 aromatic heterocycles. The van der Waals surface area contributed by atoms with Crippen molar-refractivity contribution < 1.29 is 4.39 Å². The van der Waals surface area contributed by atoms with Crippen LogP contribution in [-0.2, 0) is 0 Å². The van der Waals surface area contributed by atoms with Crippen molar-refractivity contribution in [1.82, 2.24) is 5.32 Å². The molecule has 0 radical (unpaired) electrons. The highest BCUT2D eigenvalue weighted by Gasteiger charge is 2.14. The summed E-state index contributed by atoms with van der Waals surface area (Å²) in [5.74, 6) is 0.388. The van der Waals surface area contributed by atoms with Crippen molar-refractivity contribution in [3.05, 3.63) is 71.0 Å². The van der Waals surface area contributed by atoms with Gasteiger partial charge in [-0.25, -0.2) is 4.39 Å². The second-order valence-corrected chi connectivity index (χ2v) is 5.95. The molecule has 0 saturated carbocycles. The van der Waals surface area contributed by atoms with E-state index in [0.29, 0.717) is 11.5 Å². The van der Waals surface area contributed by atoms with Crippen LogP contribution in [0.1, 0.15) is 62.4 Å². The topological polar surface area (TPSA) is 12.0 Å². The molecule has 0 aliphatic rings. The van der Waals surface area contributed by atoms with E-state index in [-0.39, 0.29) is 17.9 Å². The molecule has 1 unspecified atom stereocenters. The van der Waals surface area contributed by atoms with Gasteiger partial charge < -0.3 is 5.32 Å². The molecule has 2 aromatic rings. The quantitative estimate of drug-likeness (QED) is 0.779. The van der Waals surface area contributed by atoms with Gasteiger partial charge in [-0.2, -0.15) is 0 Å². The van der Waals surface area contributed by atoms with Crippen LogP contribution in [0.4, 0.5) is 4.39 Å². The maximum atomic E-state index is 13.8. The smallest absolute Gasteiger partial charge is 0.127 e. The molecule has 0 amide bonds. The monoisotopic (exact) mass is 285 g/mol. The van der Waals surface area contributed by atoms with E-state index in [9.17, 15) is 4.39 Å². The lowest BCUT2D eigenvalue weighted by atomic mass is 9.99. The van der Waals surface area contributed by atoms with E-state index in [1.165, 1.54) is 17.2 Å². The Morgan fingerprint density at radius 3 is 1.90 bits per heavy atom. The number of benzene rings is 2. The van der Waals surface area contributed by atoms with Gasteiger partial charge in [-0.1, -0.05) is 56.3 Å². The number of nitrogens with one attached hydrogen (secondary N) is 1. The normalized spacial score (nSPS) is 14.2. The highest BCUT2D eigenvalue weighted by atomic mass is 19.1. The lowest BCUT2D eigenvalue weighted by Crippen LogP contribution is -2.23. The molecule has 0 spiro atoms. The van der Waals surface area contributed by atoms with Crippen LogP contribution in [-0.4, -0.2) is 0 Å². The molecule has 0 aliphatic carbocycles. The second kappa shape index (κ2) is 6.86. The third-order valence-corrected chi connectivity index (χ3v) is 3.97. The predicted molar refractivity (Wildman–Crippen MR) is 86.9 cm³/mol. The summed E-state index contributed by atoms with van der Waals surface area (Å²) in [6.45, 7) is 8.49. The number of hydrogen-bond donors (Lipinski definition) is 1. The van der Waals surface area contributed by atoms with Gasteiger partial charge in [0.05, 0.1) is 0 Å². The first-order valence-electron chi connectivity index (χ1n) is 7.59. The molecule has 0 aliphatic heterocycles. The molecular formula is C19H24FN. The molecule has 0 fully saturated rings. The van der Waals surface area contributed by atoms with Crippen molar-refractivity contribution in [1.29, 1.82) is 0 Å². The summed E-state index contributed by atoms with van der Waals surface area (Å²) >= 11 is 0. The third-order valence-electron chi connectivity index (χ3n) is 3.97. The van der Waals surface area contributed by atoms with Gasteiger partial charge in [0.1, 0.15) is 5.82 Å². The van der Waals surface area contributed by atoms with Gasteiger partial charge in [-0.3, -0.25) is 0 Å². The maximum Gasteiger partial charge on any atom is 0.127 e. The molecule has 2 rings (SSSR count). The molecular weight excluding hydrogens is 261 g/mol. The lowest BCUT2D eigenvalue weighted by Gasteiger charge is -2.21. The highest BCUT2D eigenvalue weighted by Crippen LogP contribution is 2.23. The fourth-order valence-corrected chi connectivity index (χ4v) is 2.56. The highest BCUT2D eigenvalue weighted by molar-refractivity contribution is 5.27. The number of hydrogen-bond acceptors (Lipinski definition) is 1. The largest absolute Gasteiger partial charge is 0.304 e. The minimum atomic E-state index is -0.153. The van der Waals surface area contributed by atoms with Gasteiger partial charge in [-0.15, -0.1) is 0 Å². The number of rotatable bonds is 5. The van der Waals surface area contributed by atoms with Gasteiger partial charge in [0.15, 0.2) is 0 Å². The van der Waals surface area contributed by atoms with Crippen LogP contribution in [0.15, 0.2) is 48.5 Å². The zero-order valence-electron chi connectivity index (χ0n) is 13.2. The van der Waals surface area contributed by atoms with E-state index in [0.717, 1.165) is 0 Å². The molecule has 21 heavy (non-hydrogen) atoms. The van der Waals surface area contributed by atoms with Crippen LogP contribution in [0.5, 0.6) is 0 Å². The van der Waals surface area contributed by atoms with E-state index in [1.807, 2.05) is 19.1 Å². The van der Waals surface area contributed by atoms with Crippen LogP contribution >= 0.6 is 0 Å². The van der Waals surface area contributed by atoms with Crippen molar-refractivity contribution in [3.63, 3.8) is 0 Å². The molecule has 0 bridgehead atoms.